The Morgan fingerprint density at radius 2 is 2.10 bits per heavy atom. The van der Waals surface area contributed by atoms with Gasteiger partial charge in [-0.3, -0.25) is 4.79 Å². The van der Waals surface area contributed by atoms with Gasteiger partial charge >= 0.3 is 5.97 Å². The molecule has 1 aliphatic heterocycles. The molecule has 0 radical (unpaired) electrons. The third-order valence-corrected chi connectivity index (χ3v) is 3.31. The summed E-state index contributed by atoms with van der Waals surface area (Å²) in [6.07, 6.45) is 0.729. The van der Waals surface area contributed by atoms with Crippen LogP contribution in [0.3, 0.4) is 0 Å². The van der Waals surface area contributed by atoms with E-state index in [4.69, 9.17) is 4.74 Å². The number of esters is 1. The highest BCUT2D eigenvalue weighted by Crippen LogP contribution is 2.05. The van der Waals surface area contributed by atoms with Gasteiger partial charge in [-0.25, -0.2) is 0 Å². The Labute approximate surface area is 138 Å². The van der Waals surface area contributed by atoms with E-state index in [-0.39, 0.29) is 36.8 Å². The summed E-state index contributed by atoms with van der Waals surface area (Å²) in [4.78, 5) is 11.8. The van der Waals surface area contributed by atoms with E-state index in [1.165, 1.54) is 7.11 Å². The molecule has 21 heavy (non-hydrogen) atoms. The lowest BCUT2D eigenvalue weighted by atomic mass is 10.1. The molecular formula is C14H23Cl2N3O2. The number of rotatable bonds is 6. The van der Waals surface area contributed by atoms with Gasteiger partial charge in [0.1, 0.15) is 6.04 Å². The summed E-state index contributed by atoms with van der Waals surface area (Å²) in [5.74, 6) is -0.204. The molecule has 1 aromatic rings. The van der Waals surface area contributed by atoms with Crippen molar-refractivity contribution < 1.29 is 9.53 Å². The van der Waals surface area contributed by atoms with Crippen LogP contribution in [0.5, 0.6) is 0 Å². The first-order valence-electron chi connectivity index (χ1n) is 6.59. The van der Waals surface area contributed by atoms with E-state index in [0.717, 1.165) is 25.2 Å². The maximum Gasteiger partial charge on any atom is 0.322 e. The van der Waals surface area contributed by atoms with Gasteiger partial charge in [0.25, 0.3) is 0 Å². The summed E-state index contributed by atoms with van der Waals surface area (Å²) < 4.78 is 4.86. The fourth-order valence-electron chi connectivity index (χ4n) is 2.23. The van der Waals surface area contributed by atoms with Gasteiger partial charge < -0.3 is 20.7 Å². The number of carbonyl (C=O) groups is 1. The SMILES string of the molecule is COC(=O)C(CC1CNCN1)NCc1ccccc1.Cl.Cl. The first kappa shape index (κ1) is 20.1. The highest BCUT2D eigenvalue weighted by Gasteiger charge is 2.24. The summed E-state index contributed by atoms with van der Waals surface area (Å²) >= 11 is 0. The third-order valence-electron chi connectivity index (χ3n) is 3.31. The van der Waals surface area contributed by atoms with E-state index in [1.807, 2.05) is 30.3 Å². The molecule has 0 saturated carbocycles. The monoisotopic (exact) mass is 335 g/mol. The molecule has 0 amide bonds. The number of methoxy groups -OCH3 is 1. The molecule has 5 nitrogen and oxygen atoms in total. The average molecular weight is 336 g/mol. The van der Waals surface area contributed by atoms with E-state index in [0.29, 0.717) is 12.6 Å². The summed E-state index contributed by atoms with van der Waals surface area (Å²) in [7, 11) is 1.43. The number of ether oxygens (including phenoxy) is 1. The van der Waals surface area contributed by atoms with Crippen molar-refractivity contribution in [2.75, 3.05) is 20.3 Å². The predicted molar refractivity (Wildman–Crippen MR) is 88.0 cm³/mol. The summed E-state index contributed by atoms with van der Waals surface area (Å²) in [5, 5.41) is 9.79. The Balaban J connectivity index is 0.00000200. The van der Waals surface area contributed by atoms with Gasteiger partial charge in [-0.05, 0) is 12.0 Å². The van der Waals surface area contributed by atoms with Crippen LogP contribution in [0.1, 0.15) is 12.0 Å². The maximum absolute atomic E-state index is 11.8. The van der Waals surface area contributed by atoms with Gasteiger partial charge in [-0.2, -0.15) is 0 Å². The van der Waals surface area contributed by atoms with Gasteiger partial charge in [-0.1, -0.05) is 30.3 Å². The van der Waals surface area contributed by atoms with Crippen LogP contribution in [0.2, 0.25) is 0 Å². The largest absolute Gasteiger partial charge is 0.468 e. The van der Waals surface area contributed by atoms with E-state index in [2.05, 4.69) is 16.0 Å². The minimum atomic E-state index is -0.275. The molecule has 0 aliphatic carbocycles. The van der Waals surface area contributed by atoms with Crippen molar-refractivity contribution in [2.24, 2.45) is 0 Å². The van der Waals surface area contributed by atoms with Gasteiger partial charge in [0.15, 0.2) is 0 Å². The van der Waals surface area contributed by atoms with Crippen LogP contribution >= 0.6 is 24.8 Å². The first-order valence-corrected chi connectivity index (χ1v) is 6.59. The zero-order valence-corrected chi connectivity index (χ0v) is 13.6. The highest BCUT2D eigenvalue weighted by molar-refractivity contribution is 5.85. The molecule has 1 aromatic carbocycles. The lowest BCUT2D eigenvalue weighted by Gasteiger charge is -2.19. The van der Waals surface area contributed by atoms with Crippen molar-refractivity contribution >= 4 is 30.8 Å². The zero-order chi connectivity index (χ0) is 13.5. The second-order valence-electron chi connectivity index (χ2n) is 4.71. The van der Waals surface area contributed by atoms with Crippen LogP contribution in [0.15, 0.2) is 30.3 Å². The minimum absolute atomic E-state index is 0. The van der Waals surface area contributed by atoms with Gasteiger partial charge in [-0.15, -0.1) is 24.8 Å². The summed E-state index contributed by atoms with van der Waals surface area (Å²) in [6.45, 7) is 2.36. The standard InChI is InChI=1S/C14H21N3O2.2ClH/c1-19-14(18)13(7-12-9-15-10-17-12)16-8-11-5-3-2-4-6-11;;/h2-6,12-13,15-17H,7-10H2,1H3;2*1H. The lowest BCUT2D eigenvalue weighted by molar-refractivity contribution is -0.143. The number of carbonyl (C=O) groups excluding carboxylic acids is 1. The van der Waals surface area contributed by atoms with Crippen LogP contribution in [-0.4, -0.2) is 38.4 Å². The molecule has 1 saturated heterocycles. The minimum Gasteiger partial charge on any atom is -0.468 e. The van der Waals surface area contributed by atoms with E-state index >= 15 is 0 Å². The highest BCUT2D eigenvalue weighted by atomic mass is 35.5. The predicted octanol–water partition coefficient (Wildman–Crippen LogP) is 1.07. The number of benzene rings is 1. The van der Waals surface area contributed by atoms with Gasteiger partial charge in [0.2, 0.25) is 0 Å². The molecule has 0 aromatic heterocycles. The average Bonchev–Trinajstić information content (AvgIpc) is 2.96. The molecule has 3 N–H and O–H groups in total. The first-order chi connectivity index (χ1) is 9.29. The van der Waals surface area contributed by atoms with Crippen molar-refractivity contribution in [3.05, 3.63) is 35.9 Å². The molecule has 1 aliphatic rings. The van der Waals surface area contributed by atoms with Gasteiger partial charge in [0, 0.05) is 25.8 Å². The smallest absolute Gasteiger partial charge is 0.322 e. The number of hydrogen-bond acceptors (Lipinski definition) is 5. The Bertz CT molecular complexity index is 400. The van der Waals surface area contributed by atoms with Crippen molar-refractivity contribution in [1.82, 2.24) is 16.0 Å². The third kappa shape index (κ3) is 6.63. The second-order valence-corrected chi connectivity index (χ2v) is 4.71. The Hall–Kier alpha value is -0.850. The molecule has 120 valence electrons. The van der Waals surface area contributed by atoms with Crippen LogP contribution in [-0.2, 0) is 16.1 Å². The van der Waals surface area contributed by atoms with Crippen LogP contribution in [0.25, 0.3) is 0 Å². The van der Waals surface area contributed by atoms with Crippen molar-refractivity contribution in [3.8, 4) is 0 Å². The van der Waals surface area contributed by atoms with Crippen molar-refractivity contribution in [1.29, 1.82) is 0 Å². The fourth-order valence-corrected chi connectivity index (χ4v) is 2.23. The molecule has 2 unspecified atom stereocenters. The van der Waals surface area contributed by atoms with Crippen LogP contribution in [0.4, 0.5) is 0 Å². The number of hydrogen-bond donors (Lipinski definition) is 3. The molecule has 0 bridgehead atoms. The van der Waals surface area contributed by atoms with Gasteiger partial charge in [0.05, 0.1) is 7.11 Å². The molecule has 7 heteroatoms. The van der Waals surface area contributed by atoms with E-state index in [9.17, 15) is 4.79 Å². The number of nitrogens with one attached hydrogen (secondary N) is 3. The fraction of sp³-hybridized carbons (Fsp3) is 0.500. The van der Waals surface area contributed by atoms with E-state index < -0.39 is 0 Å². The Kier molecular flexibility index (Phi) is 10.4. The molecule has 2 rings (SSSR count). The summed E-state index contributed by atoms with van der Waals surface area (Å²) in [5.41, 5.74) is 1.16. The van der Waals surface area contributed by atoms with Crippen LogP contribution < -0.4 is 16.0 Å². The maximum atomic E-state index is 11.8. The van der Waals surface area contributed by atoms with Crippen LogP contribution in [0, 0.1) is 0 Å². The molecular weight excluding hydrogens is 313 g/mol. The lowest BCUT2D eigenvalue weighted by Crippen LogP contribution is -2.42. The second kappa shape index (κ2) is 10.8. The Morgan fingerprint density at radius 1 is 1.38 bits per heavy atom. The quantitative estimate of drug-likeness (QED) is 0.679. The van der Waals surface area contributed by atoms with Crippen molar-refractivity contribution in [3.63, 3.8) is 0 Å². The van der Waals surface area contributed by atoms with E-state index in [1.54, 1.807) is 0 Å². The van der Waals surface area contributed by atoms with Crippen molar-refractivity contribution in [2.45, 2.75) is 25.0 Å². The summed E-state index contributed by atoms with van der Waals surface area (Å²) in [6, 6.07) is 10.1. The molecule has 0 spiro atoms. The zero-order valence-electron chi connectivity index (χ0n) is 12.0. The normalized spacial score (nSPS) is 18.2. The Morgan fingerprint density at radius 3 is 2.67 bits per heavy atom. The molecule has 1 heterocycles. The molecule has 2 atom stereocenters. The molecule has 1 fully saturated rings. The number of halogens is 2. The topological polar surface area (TPSA) is 62.4 Å².